The summed E-state index contributed by atoms with van der Waals surface area (Å²) in [6, 6.07) is 7.41. The first-order valence-electron chi connectivity index (χ1n) is 8.59. The summed E-state index contributed by atoms with van der Waals surface area (Å²) < 4.78 is 40.0. The highest BCUT2D eigenvalue weighted by Gasteiger charge is 2.21. The third kappa shape index (κ3) is 5.37. The van der Waals surface area contributed by atoms with Crippen LogP contribution in [0.4, 0.5) is 23.7 Å². The van der Waals surface area contributed by atoms with Gasteiger partial charge in [-0.1, -0.05) is 17.7 Å². The van der Waals surface area contributed by atoms with Gasteiger partial charge in [0.15, 0.2) is 11.6 Å². The molecule has 3 rings (SSSR count). The molecule has 4 nitrogen and oxygen atoms in total. The zero-order chi connectivity index (χ0) is 19.4. The van der Waals surface area contributed by atoms with E-state index in [-0.39, 0.29) is 16.8 Å². The molecule has 8 heteroatoms. The molecule has 0 spiro atoms. The summed E-state index contributed by atoms with van der Waals surface area (Å²) in [6.45, 7) is 1.94. The summed E-state index contributed by atoms with van der Waals surface area (Å²) in [5.74, 6) is -2.31. The molecule has 27 heavy (non-hydrogen) atoms. The Morgan fingerprint density at radius 2 is 1.78 bits per heavy atom. The number of carbonyl (C=O) groups excluding carboxylic acids is 1. The van der Waals surface area contributed by atoms with Crippen molar-refractivity contribution in [3.8, 4) is 0 Å². The molecule has 1 aliphatic heterocycles. The molecule has 1 heterocycles. The zero-order valence-corrected chi connectivity index (χ0v) is 15.2. The van der Waals surface area contributed by atoms with Crippen LogP contribution in [0, 0.1) is 17.5 Å². The fraction of sp³-hybridized carbons (Fsp3) is 0.316. The van der Waals surface area contributed by atoms with Gasteiger partial charge in [0.2, 0.25) is 0 Å². The van der Waals surface area contributed by atoms with E-state index in [4.69, 9.17) is 11.6 Å². The Morgan fingerprint density at radius 3 is 2.44 bits per heavy atom. The molecular formula is C19H19ClF3N3O. The summed E-state index contributed by atoms with van der Waals surface area (Å²) in [6.07, 6.45) is 1.42. The van der Waals surface area contributed by atoms with Gasteiger partial charge in [0.05, 0.1) is 5.69 Å². The van der Waals surface area contributed by atoms with Gasteiger partial charge < -0.3 is 10.6 Å². The summed E-state index contributed by atoms with van der Waals surface area (Å²) in [7, 11) is 0. The van der Waals surface area contributed by atoms with Crippen molar-refractivity contribution in [1.82, 2.24) is 10.2 Å². The number of nitrogens with one attached hydrogen (secondary N) is 2. The van der Waals surface area contributed by atoms with Crippen molar-refractivity contribution in [2.45, 2.75) is 25.4 Å². The third-order valence-corrected chi connectivity index (χ3v) is 4.73. The van der Waals surface area contributed by atoms with Crippen LogP contribution >= 0.6 is 11.6 Å². The van der Waals surface area contributed by atoms with Crippen molar-refractivity contribution in [3.63, 3.8) is 0 Å². The number of rotatable bonds is 4. The Kier molecular flexibility index (Phi) is 6.23. The number of carbonyl (C=O) groups is 1. The van der Waals surface area contributed by atoms with Crippen LogP contribution in [0.3, 0.4) is 0 Å². The minimum Gasteiger partial charge on any atom is -0.335 e. The van der Waals surface area contributed by atoms with Crippen LogP contribution in [0.15, 0.2) is 36.4 Å². The highest BCUT2D eigenvalue weighted by molar-refractivity contribution is 6.30. The Balaban J connectivity index is 1.46. The van der Waals surface area contributed by atoms with E-state index in [1.807, 2.05) is 0 Å². The van der Waals surface area contributed by atoms with Crippen molar-refractivity contribution in [3.05, 3.63) is 64.4 Å². The number of benzene rings is 2. The van der Waals surface area contributed by atoms with Gasteiger partial charge in [0, 0.05) is 30.7 Å². The molecule has 0 atom stereocenters. The largest absolute Gasteiger partial charge is 0.335 e. The van der Waals surface area contributed by atoms with Crippen LogP contribution in [0.2, 0.25) is 5.02 Å². The fourth-order valence-corrected chi connectivity index (χ4v) is 3.23. The van der Waals surface area contributed by atoms with Gasteiger partial charge in [-0.05, 0) is 48.7 Å². The average Bonchev–Trinajstić information content (AvgIpc) is 2.62. The molecule has 0 aromatic heterocycles. The molecule has 1 aliphatic rings. The van der Waals surface area contributed by atoms with E-state index in [9.17, 15) is 18.0 Å². The van der Waals surface area contributed by atoms with Gasteiger partial charge in [-0.25, -0.2) is 18.0 Å². The topological polar surface area (TPSA) is 44.4 Å². The minimum atomic E-state index is -0.857. The SMILES string of the molecule is O=C(Nc1ccc(Cl)cc1F)NC1CCN(Cc2ccc(F)c(F)c2)CC1. The van der Waals surface area contributed by atoms with Crippen LogP contribution in [-0.2, 0) is 6.54 Å². The molecule has 2 aromatic carbocycles. The van der Waals surface area contributed by atoms with E-state index in [0.717, 1.165) is 12.1 Å². The van der Waals surface area contributed by atoms with Crippen LogP contribution in [-0.4, -0.2) is 30.1 Å². The Bertz CT molecular complexity index is 826. The van der Waals surface area contributed by atoms with E-state index >= 15 is 0 Å². The zero-order valence-electron chi connectivity index (χ0n) is 14.4. The second-order valence-corrected chi connectivity index (χ2v) is 6.96. The molecule has 0 radical (unpaired) electrons. The van der Waals surface area contributed by atoms with E-state index < -0.39 is 23.5 Å². The van der Waals surface area contributed by atoms with Crippen molar-refractivity contribution >= 4 is 23.3 Å². The predicted molar refractivity (Wildman–Crippen MR) is 98.2 cm³/mol. The minimum absolute atomic E-state index is 0.0402. The number of hydrogen-bond acceptors (Lipinski definition) is 2. The first-order chi connectivity index (χ1) is 12.9. The lowest BCUT2D eigenvalue weighted by atomic mass is 10.0. The number of halogens is 4. The van der Waals surface area contributed by atoms with Gasteiger partial charge in [-0.15, -0.1) is 0 Å². The molecule has 1 saturated heterocycles. The second kappa shape index (κ2) is 8.63. The molecule has 1 fully saturated rings. The van der Waals surface area contributed by atoms with Gasteiger partial charge in [0.25, 0.3) is 0 Å². The summed E-state index contributed by atoms with van der Waals surface area (Å²) >= 11 is 5.68. The lowest BCUT2D eigenvalue weighted by molar-refractivity contribution is 0.189. The maximum atomic E-state index is 13.7. The van der Waals surface area contributed by atoms with E-state index in [0.29, 0.717) is 38.0 Å². The smallest absolute Gasteiger partial charge is 0.319 e. The van der Waals surface area contributed by atoms with Gasteiger partial charge in [-0.2, -0.15) is 0 Å². The molecule has 0 unspecified atom stereocenters. The normalized spacial score (nSPS) is 15.6. The highest BCUT2D eigenvalue weighted by Crippen LogP contribution is 2.19. The number of likely N-dealkylation sites (tertiary alicyclic amines) is 1. The third-order valence-electron chi connectivity index (χ3n) is 4.49. The molecular weight excluding hydrogens is 379 g/mol. The van der Waals surface area contributed by atoms with Crippen LogP contribution in [0.25, 0.3) is 0 Å². The number of anilines is 1. The van der Waals surface area contributed by atoms with Crippen molar-refractivity contribution < 1.29 is 18.0 Å². The van der Waals surface area contributed by atoms with Crippen LogP contribution in [0.5, 0.6) is 0 Å². The Labute approximate surface area is 160 Å². The summed E-state index contributed by atoms with van der Waals surface area (Å²) in [5.41, 5.74) is 0.768. The van der Waals surface area contributed by atoms with E-state index in [1.54, 1.807) is 6.07 Å². The quantitative estimate of drug-likeness (QED) is 0.795. The lowest BCUT2D eigenvalue weighted by Crippen LogP contribution is -2.45. The van der Waals surface area contributed by atoms with Crippen LogP contribution in [0.1, 0.15) is 18.4 Å². The second-order valence-electron chi connectivity index (χ2n) is 6.52. The molecule has 2 amide bonds. The number of piperidine rings is 1. The number of urea groups is 1. The highest BCUT2D eigenvalue weighted by atomic mass is 35.5. The molecule has 0 bridgehead atoms. The molecule has 144 valence electrons. The molecule has 2 N–H and O–H groups in total. The lowest BCUT2D eigenvalue weighted by Gasteiger charge is -2.32. The van der Waals surface area contributed by atoms with Crippen molar-refractivity contribution in [2.75, 3.05) is 18.4 Å². The van der Waals surface area contributed by atoms with Crippen molar-refractivity contribution in [1.29, 1.82) is 0 Å². The Hall–Kier alpha value is -2.25. The first kappa shape index (κ1) is 19.5. The van der Waals surface area contributed by atoms with E-state index in [2.05, 4.69) is 15.5 Å². The maximum absolute atomic E-state index is 13.7. The summed E-state index contributed by atoms with van der Waals surface area (Å²) in [4.78, 5) is 14.2. The van der Waals surface area contributed by atoms with Crippen LogP contribution < -0.4 is 10.6 Å². The molecule has 0 saturated carbocycles. The molecule has 0 aliphatic carbocycles. The Morgan fingerprint density at radius 1 is 1.04 bits per heavy atom. The monoisotopic (exact) mass is 397 g/mol. The summed E-state index contributed by atoms with van der Waals surface area (Å²) in [5, 5.41) is 5.55. The predicted octanol–water partition coefficient (Wildman–Crippen LogP) is 4.54. The molecule has 2 aromatic rings. The van der Waals surface area contributed by atoms with Crippen molar-refractivity contribution in [2.24, 2.45) is 0 Å². The number of hydrogen-bond donors (Lipinski definition) is 2. The average molecular weight is 398 g/mol. The van der Waals surface area contributed by atoms with E-state index in [1.165, 1.54) is 18.2 Å². The van der Waals surface area contributed by atoms with Gasteiger partial charge in [0.1, 0.15) is 5.82 Å². The standard InChI is InChI=1S/C19H19ClF3N3O/c20-13-2-4-18(17(23)10-13)25-19(27)24-14-5-7-26(8-6-14)11-12-1-3-15(21)16(22)9-12/h1-4,9-10,14H,5-8,11H2,(H2,24,25,27). The number of nitrogens with zero attached hydrogens (tertiary/aromatic N) is 1. The van der Waals surface area contributed by atoms with Gasteiger partial charge in [-0.3, -0.25) is 4.90 Å². The van der Waals surface area contributed by atoms with Gasteiger partial charge >= 0.3 is 6.03 Å². The first-order valence-corrected chi connectivity index (χ1v) is 8.97. The fourth-order valence-electron chi connectivity index (χ4n) is 3.07. The maximum Gasteiger partial charge on any atom is 0.319 e. The number of amides is 2.